The van der Waals surface area contributed by atoms with E-state index in [2.05, 4.69) is 25.1 Å². The second-order valence-electron chi connectivity index (χ2n) is 6.18. The van der Waals surface area contributed by atoms with E-state index in [9.17, 15) is 18.0 Å². The molecule has 0 aliphatic rings. The number of alkyl halides is 3. The Bertz CT molecular complexity index is 978. The summed E-state index contributed by atoms with van der Waals surface area (Å²) in [7, 11) is 0. The van der Waals surface area contributed by atoms with Crippen molar-refractivity contribution >= 4 is 5.91 Å². The minimum absolute atomic E-state index is 0.00917. The number of hydrogen-bond donors (Lipinski definition) is 0. The van der Waals surface area contributed by atoms with Crippen molar-refractivity contribution in [1.82, 2.24) is 34.8 Å². The molecule has 0 radical (unpaired) electrons. The maximum Gasteiger partial charge on any atom is 0.434 e. The molecule has 3 aromatic rings. The third-order valence-corrected chi connectivity index (χ3v) is 4.15. The predicted octanol–water partition coefficient (Wildman–Crippen LogP) is 2.40. The number of aromatic nitrogens is 6. The van der Waals surface area contributed by atoms with Gasteiger partial charge in [-0.1, -0.05) is 0 Å². The molecule has 0 unspecified atom stereocenters. The fourth-order valence-electron chi connectivity index (χ4n) is 2.69. The van der Waals surface area contributed by atoms with Gasteiger partial charge in [0, 0.05) is 12.7 Å². The van der Waals surface area contributed by atoms with E-state index in [4.69, 9.17) is 4.74 Å². The van der Waals surface area contributed by atoms with Crippen LogP contribution in [0.1, 0.15) is 29.9 Å². The second-order valence-corrected chi connectivity index (χ2v) is 6.18. The number of carbonyl (C=O) groups is 1. The molecule has 0 spiro atoms. The third kappa shape index (κ3) is 4.70. The highest BCUT2D eigenvalue weighted by Crippen LogP contribution is 2.27. The lowest BCUT2D eigenvalue weighted by Gasteiger charge is -2.28. The summed E-state index contributed by atoms with van der Waals surface area (Å²) >= 11 is 0. The van der Waals surface area contributed by atoms with Crippen molar-refractivity contribution in [2.45, 2.75) is 26.1 Å². The number of rotatable bonds is 7. The fraction of sp³-hybridized carbons (Fsp3) is 0.333. The average molecular weight is 421 g/mol. The van der Waals surface area contributed by atoms with Gasteiger partial charge in [0.2, 0.25) is 5.88 Å². The smallest absolute Gasteiger partial charge is 0.434 e. The van der Waals surface area contributed by atoms with Gasteiger partial charge in [-0.3, -0.25) is 4.79 Å². The number of likely N-dealkylation sites (N-methyl/N-ethyl adjacent to an activating group) is 1. The number of ether oxygens (including phenoxy) is 1. The molecule has 0 bridgehead atoms. The van der Waals surface area contributed by atoms with Crippen LogP contribution in [-0.4, -0.2) is 59.9 Å². The molecule has 30 heavy (non-hydrogen) atoms. The average Bonchev–Trinajstić information content (AvgIpc) is 3.27. The third-order valence-electron chi connectivity index (χ3n) is 4.15. The quantitative estimate of drug-likeness (QED) is 0.578. The molecule has 0 fully saturated rings. The van der Waals surface area contributed by atoms with Crippen molar-refractivity contribution in [2.24, 2.45) is 0 Å². The first-order valence-corrected chi connectivity index (χ1v) is 8.96. The predicted molar refractivity (Wildman–Crippen MR) is 97.9 cm³/mol. The summed E-state index contributed by atoms with van der Waals surface area (Å²) in [6, 6.07) is 2.84. The number of carbonyl (C=O) groups excluding carboxylic acids is 1. The van der Waals surface area contributed by atoms with Crippen LogP contribution in [0.5, 0.6) is 5.88 Å². The zero-order valence-electron chi connectivity index (χ0n) is 16.1. The summed E-state index contributed by atoms with van der Waals surface area (Å²) in [5, 5.41) is 8.02. The molecule has 0 N–H and O–H groups in total. The maximum absolute atomic E-state index is 13.1. The molecule has 9 nitrogen and oxygen atoms in total. The Labute approximate surface area is 169 Å². The molecule has 0 aliphatic heterocycles. The normalized spacial score (nSPS) is 12.4. The SMILES string of the molecule is CCN(C(=O)c1cccnc1-n1nccn1)[C@@H](C)COc1cnc(C(F)(F)F)cn1. The minimum Gasteiger partial charge on any atom is -0.474 e. The lowest BCUT2D eigenvalue weighted by molar-refractivity contribution is -0.141. The van der Waals surface area contributed by atoms with Gasteiger partial charge in [-0.05, 0) is 26.0 Å². The Morgan fingerprint density at radius 3 is 2.50 bits per heavy atom. The van der Waals surface area contributed by atoms with Gasteiger partial charge in [0.25, 0.3) is 5.91 Å². The van der Waals surface area contributed by atoms with Crippen LogP contribution in [0.2, 0.25) is 0 Å². The number of hydrogen-bond acceptors (Lipinski definition) is 7. The van der Waals surface area contributed by atoms with Gasteiger partial charge < -0.3 is 9.64 Å². The van der Waals surface area contributed by atoms with Gasteiger partial charge in [0.1, 0.15) is 6.61 Å². The molecule has 0 aliphatic carbocycles. The van der Waals surface area contributed by atoms with E-state index in [1.807, 2.05) is 0 Å². The first-order chi connectivity index (χ1) is 14.3. The van der Waals surface area contributed by atoms with Crippen LogP contribution in [0.25, 0.3) is 5.82 Å². The minimum atomic E-state index is -4.57. The number of pyridine rings is 1. The Hall–Kier alpha value is -3.57. The van der Waals surface area contributed by atoms with Crippen molar-refractivity contribution in [3.8, 4) is 11.7 Å². The second kappa shape index (κ2) is 8.84. The lowest BCUT2D eigenvalue weighted by atomic mass is 10.2. The monoisotopic (exact) mass is 421 g/mol. The number of amides is 1. The molecule has 3 heterocycles. The highest BCUT2D eigenvalue weighted by atomic mass is 19.4. The molecule has 12 heteroatoms. The zero-order chi connectivity index (χ0) is 21.7. The maximum atomic E-state index is 13.1. The van der Waals surface area contributed by atoms with Crippen LogP contribution >= 0.6 is 0 Å². The summed E-state index contributed by atoms with van der Waals surface area (Å²) in [5.41, 5.74) is -0.804. The fourth-order valence-corrected chi connectivity index (χ4v) is 2.69. The van der Waals surface area contributed by atoms with E-state index in [1.54, 1.807) is 30.9 Å². The summed E-state index contributed by atoms with van der Waals surface area (Å²) in [4.78, 5) is 27.0. The Morgan fingerprint density at radius 1 is 1.17 bits per heavy atom. The van der Waals surface area contributed by atoms with E-state index < -0.39 is 17.9 Å². The lowest BCUT2D eigenvalue weighted by Crippen LogP contribution is -2.42. The molecule has 3 aromatic heterocycles. The van der Waals surface area contributed by atoms with Crippen molar-refractivity contribution in [3.05, 3.63) is 54.4 Å². The summed E-state index contributed by atoms with van der Waals surface area (Å²) in [5.74, 6) is -0.0960. The topological polar surface area (TPSA) is 98.9 Å². The van der Waals surface area contributed by atoms with Gasteiger partial charge >= 0.3 is 6.18 Å². The van der Waals surface area contributed by atoms with Gasteiger partial charge in [-0.2, -0.15) is 23.4 Å². The van der Waals surface area contributed by atoms with E-state index >= 15 is 0 Å². The molecule has 0 saturated heterocycles. The highest BCUT2D eigenvalue weighted by molar-refractivity contribution is 5.97. The molecular weight excluding hydrogens is 403 g/mol. The van der Waals surface area contributed by atoms with Gasteiger partial charge in [-0.15, -0.1) is 4.80 Å². The highest BCUT2D eigenvalue weighted by Gasteiger charge is 2.33. The van der Waals surface area contributed by atoms with Crippen molar-refractivity contribution < 1.29 is 22.7 Å². The van der Waals surface area contributed by atoms with Crippen molar-refractivity contribution in [1.29, 1.82) is 0 Å². The molecule has 3 rings (SSSR count). The molecule has 0 aromatic carbocycles. The van der Waals surface area contributed by atoms with Crippen molar-refractivity contribution in [2.75, 3.05) is 13.2 Å². The van der Waals surface area contributed by atoms with E-state index in [0.29, 0.717) is 18.3 Å². The Morgan fingerprint density at radius 2 is 1.90 bits per heavy atom. The standard InChI is InChI=1S/C18H18F3N7O2/c1-3-27(12(2)11-30-15-10-23-14(9-24-15)18(19,20)21)17(29)13-5-4-6-22-16(13)28-25-7-8-26-28/h4-10,12H,3,11H2,1-2H3/t12-/m0/s1. The molecule has 1 atom stereocenters. The van der Waals surface area contributed by atoms with Crippen LogP contribution in [0.4, 0.5) is 13.2 Å². The van der Waals surface area contributed by atoms with E-state index in [-0.39, 0.29) is 24.2 Å². The number of nitrogens with zero attached hydrogens (tertiary/aromatic N) is 7. The zero-order valence-corrected chi connectivity index (χ0v) is 16.1. The van der Waals surface area contributed by atoms with Gasteiger partial charge in [-0.25, -0.2) is 15.0 Å². The molecular formula is C18H18F3N7O2. The first kappa shape index (κ1) is 21.1. The first-order valence-electron chi connectivity index (χ1n) is 8.96. The van der Waals surface area contributed by atoms with E-state index in [1.165, 1.54) is 23.4 Å². The van der Waals surface area contributed by atoms with Crippen LogP contribution in [-0.2, 0) is 6.18 Å². The van der Waals surface area contributed by atoms with Crippen LogP contribution < -0.4 is 4.74 Å². The Kier molecular flexibility index (Phi) is 6.23. The molecule has 158 valence electrons. The summed E-state index contributed by atoms with van der Waals surface area (Å²) in [6.45, 7) is 3.92. The summed E-state index contributed by atoms with van der Waals surface area (Å²) < 4.78 is 43.1. The molecule has 1 amide bonds. The van der Waals surface area contributed by atoms with Crippen LogP contribution in [0.15, 0.2) is 43.1 Å². The van der Waals surface area contributed by atoms with Gasteiger partial charge in [0.05, 0.1) is 36.4 Å². The van der Waals surface area contributed by atoms with Crippen LogP contribution in [0, 0.1) is 0 Å². The van der Waals surface area contributed by atoms with E-state index in [0.717, 1.165) is 6.20 Å². The summed E-state index contributed by atoms with van der Waals surface area (Å²) in [6.07, 6.45) is 1.40. The largest absolute Gasteiger partial charge is 0.474 e. The van der Waals surface area contributed by atoms with Crippen molar-refractivity contribution in [3.63, 3.8) is 0 Å². The number of halogens is 3. The molecule has 0 saturated carbocycles. The van der Waals surface area contributed by atoms with Gasteiger partial charge in [0.15, 0.2) is 11.5 Å². The Balaban J connectivity index is 1.71. The van der Waals surface area contributed by atoms with Crippen LogP contribution in [0.3, 0.4) is 0 Å².